The molecule has 0 spiro atoms. The molecule has 2 N–H and O–H groups in total. The van der Waals surface area contributed by atoms with Crippen LogP contribution in [0.15, 0.2) is 10.2 Å². The van der Waals surface area contributed by atoms with E-state index in [1.165, 1.54) is 0 Å². The molecule has 0 fully saturated rings. The molecule has 0 radical (unpaired) electrons. The number of hydrazine groups is 1. The highest BCUT2D eigenvalue weighted by Crippen LogP contribution is 1.96. The maximum absolute atomic E-state index is 5.67. The van der Waals surface area contributed by atoms with Crippen molar-refractivity contribution in [2.75, 3.05) is 0 Å². The van der Waals surface area contributed by atoms with Crippen molar-refractivity contribution in [1.29, 1.82) is 0 Å². The van der Waals surface area contributed by atoms with Crippen molar-refractivity contribution in [3.05, 3.63) is 0 Å². The highest BCUT2D eigenvalue weighted by molar-refractivity contribution is 5.81. The fraction of sp³-hybridized carbons (Fsp3) is 0.714. The van der Waals surface area contributed by atoms with Gasteiger partial charge < -0.3 is 0 Å². The van der Waals surface area contributed by atoms with Gasteiger partial charge in [0.2, 0.25) is 0 Å². The van der Waals surface area contributed by atoms with Crippen molar-refractivity contribution in [2.24, 2.45) is 16.0 Å². The molecule has 0 saturated heterocycles. The molecule has 0 saturated carbocycles. The molecule has 0 bridgehead atoms. The molecule has 0 aliphatic rings. The van der Waals surface area contributed by atoms with Crippen LogP contribution in [0.1, 0.15) is 27.2 Å². The summed E-state index contributed by atoms with van der Waals surface area (Å²) in [5.41, 5.74) is 0. The third-order valence-corrected chi connectivity index (χ3v) is 1.36. The van der Waals surface area contributed by atoms with Gasteiger partial charge in [-0.15, -0.1) is 5.10 Å². The van der Waals surface area contributed by atoms with Gasteiger partial charge in [0.15, 0.2) is 0 Å². The van der Waals surface area contributed by atoms with Crippen molar-refractivity contribution in [2.45, 2.75) is 33.2 Å². The van der Waals surface area contributed by atoms with Crippen LogP contribution in [-0.2, 0) is 0 Å². The first kappa shape index (κ1) is 10.1. The van der Waals surface area contributed by atoms with Crippen molar-refractivity contribution in [1.82, 2.24) is 5.01 Å². The first-order chi connectivity index (χ1) is 5.13. The molecular weight excluding hydrogens is 140 g/mol. The molecule has 11 heavy (non-hydrogen) atoms. The molecule has 0 aromatic rings. The summed E-state index contributed by atoms with van der Waals surface area (Å²) in [6, 6.07) is 0.246. The topological polar surface area (TPSA) is 54.0 Å². The van der Waals surface area contributed by atoms with Crippen LogP contribution in [-0.4, -0.2) is 23.6 Å². The van der Waals surface area contributed by atoms with Crippen LogP contribution in [0.4, 0.5) is 0 Å². The highest BCUT2D eigenvalue weighted by Gasteiger charge is 2.07. The summed E-state index contributed by atoms with van der Waals surface area (Å²) in [7, 11) is 0. The Kier molecular flexibility index (Phi) is 4.45. The monoisotopic (exact) mass is 156 g/mol. The Morgan fingerprint density at radius 1 is 1.64 bits per heavy atom. The number of hydrogen-bond donors (Lipinski definition) is 1. The van der Waals surface area contributed by atoms with Crippen LogP contribution in [0.25, 0.3) is 0 Å². The summed E-state index contributed by atoms with van der Waals surface area (Å²) in [5.74, 6) is 6.43. The maximum Gasteiger partial charge on any atom is 0.141 e. The van der Waals surface area contributed by atoms with E-state index in [2.05, 4.69) is 16.9 Å². The second-order valence-electron chi connectivity index (χ2n) is 2.51. The lowest BCUT2D eigenvalue weighted by Gasteiger charge is -2.22. The van der Waals surface area contributed by atoms with E-state index in [1.807, 2.05) is 20.8 Å². The van der Waals surface area contributed by atoms with Gasteiger partial charge >= 0.3 is 0 Å². The Balaban J connectivity index is 4.25. The molecule has 64 valence electrons. The van der Waals surface area contributed by atoms with Crippen molar-refractivity contribution in [3.8, 4) is 0 Å². The van der Waals surface area contributed by atoms with E-state index >= 15 is 0 Å². The molecule has 0 unspecified atom stereocenters. The Labute approximate surface area is 67.8 Å². The molecule has 0 rings (SSSR count). The van der Waals surface area contributed by atoms with Crippen molar-refractivity contribution < 1.29 is 0 Å². The summed E-state index contributed by atoms with van der Waals surface area (Å²) in [5, 5.41) is 8.81. The average molecular weight is 156 g/mol. The second kappa shape index (κ2) is 4.85. The van der Waals surface area contributed by atoms with Gasteiger partial charge in [-0.05, 0) is 13.8 Å². The lowest BCUT2D eigenvalue weighted by molar-refractivity contribution is 0.356. The minimum atomic E-state index is 0.246. The zero-order valence-electron chi connectivity index (χ0n) is 7.41. The average Bonchev–Trinajstić information content (AvgIpc) is 1.98. The minimum absolute atomic E-state index is 0.246. The molecular formula is C7H16N4. The molecule has 0 aliphatic carbocycles. The number of amidine groups is 1. The summed E-state index contributed by atoms with van der Waals surface area (Å²) in [6.45, 7) is 9.24. The van der Waals surface area contributed by atoms with E-state index in [4.69, 9.17) is 5.84 Å². The standard InChI is InChI=1S/C7H16N4/c1-5-7(10-9-4)11(8)6(2)3/h6H,4-5,8H2,1-3H3/b10-7-. The summed E-state index contributed by atoms with van der Waals surface area (Å²) in [6.07, 6.45) is 0.772. The van der Waals surface area contributed by atoms with Gasteiger partial charge in [-0.1, -0.05) is 6.92 Å². The summed E-state index contributed by atoms with van der Waals surface area (Å²) < 4.78 is 0. The molecule has 4 heteroatoms. The molecule has 0 atom stereocenters. The molecule has 0 heterocycles. The Morgan fingerprint density at radius 3 is 2.45 bits per heavy atom. The van der Waals surface area contributed by atoms with Gasteiger partial charge in [0.1, 0.15) is 5.84 Å². The SMILES string of the molecule is C=N/N=C(/CC)N(N)C(C)C. The number of rotatable bonds is 3. The van der Waals surface area contributed by atoms with E-state index in [0.717, 1.165) is 12.3 Å². The second-order valence-corrected chi connectivity index (χ2v) is 2.51. The number of nitrogens with zero attached hydrogens (tertiary/aromatic N) is 3. The zero-order valence-corrected chi connectivity index (χ0v) is 7.41. The first-order valence-corrected chi connectivity index (χ1v) is 3.70. The molecule has 0 amide bonds. The normalized spacial score (nSPS) is 11.9. The van der Waals surface area contributed by atoms with Crippen LogP contribution in [0, 0.1) is 0 Å². The smallest absolute Gasteiger partial charge is 0.141 e. The third kappa shape index (κ3) is 3.13. The van der Waals surface area contributed by atoms with Crippen molar-refractivity contribution >= 4 is 12.6 Å². The van der Waals surface area contributed by atoms with E-state index in [-0.39, 0.29) is 6.04 Å². The first-order valence-electron chi connectivity index (χ1n) is 3.70. The fourth-order valence-electron chi connectivity index (χ4n) is 0.685. The molecule has 0 aromatic carbocycles. The predicted octanol–water partition coefficient (Wildman–Crippen LogP) is 0.995. The van der Waals surface area contributed by atoms with Crippen LogP contribution >= 0.6 is 0 Å². The molecule has 0 aromatic heterocycles. The van der Waals surface area contributed by atoms with E-state index in [9.17, 15) is 0 Å². The molecule has 4 nitrogen and oxygen atoms in total. The largest absolute Gasteiger partial charge is 0.294 e. The van der Waals surface area contributed by atoms with Gasteiger partial charge in [0.05, 0.1) is 0 Å². The quantitative estimate of drug-likeness (QED) is 0.287. The van der Waals surface area contributed by atoms with E-state index in [0.29, 0.717) is 0 Å². The third-order valence-electron chi connectivity index (χ3n) is 1.36. The lowest BCUT2D eigenvalue weighted by Crippen LogP contribution is -2.42. The summed E-state index contributed by atoms with van der Waals surface area (Å²) >= 11 is 0. The Morgan fingerprint density at radius 2 is 2.18 bits per heavy atom. The predicted molar refractivity (Wildman–Crippen MR) is 48.4 cm³/mol. The van der Waals surface area contributed by atoms with E-state index in [1.54, 1.807) is 5.01 Å². The van der Waals surface area contributed by atoms with Gasteiger partial charge in [-0.2, -0.15) is 5.10 Å². The van der Waals surface area contributed by atoms with Crippen LogP contribution in [0.5, 0.6) is 0 Å². The molecule has 0 aliphatic heterocycles. The van der Waals surface area contributed by atoms with Crippen molar-refractivity contribution in [3.63, 3.8) is 0 Å². The zero-order chi connectivity index (χ0) is 8.85. The van der Waals surface area contributed by atoms with Gasteiger partial charge in [0, 0.05) is 19.2 Å². The van der Waals surface area contributed by atoms with Gasteiger partial charge in [-0.25, -0.2) is 5.84 Å². The van der Waals surface area contributed by atoms with Gasteiger partial charge in [-0.3, -0.25) is 5.01 Å². The fourth-order valence-corrected chi connectivity index (χ4v) is 0.685. The Hall–Kier alpha value is -0.900. The van der Waals surface area contributed by atoms with Crippen LogP contribution in [0.3, 0.4) is 0 Å². The number of nitrogens with two attached hydrogens (primary N) is 1. The highest BCUT2D eigenvalue weighted by atomic mass is 15.5. The van der Waals surface area contributed by atoms with Crippen LogP contribution in [0.2, 0.25) is 0 Å². The minimum Gasteiger partial charge on any atom is -0.294 e. The van der Waals surface area contributed by atoms with E-state index < -0.39 is 0 Å². The van der Waals surface area contributed by atoms with Crippen LogP contribution < -0.4 is 5.84 Å². The summed E-state index contributed by atoms with van der Waals surface area (Å²) in [4.78, 5) is 0. The maximum atomic E-state index is 5.67. The Bertz CT molecular complexity index is 151. The van der Waals surface area contributed by atoms with Gasteiger partial charge in [0.25, 0.3) is 0 Å². The number of hydrogen-bond acceptors (Lipinski definition) is 3. The lowest BCUT2D eigenvalue weighted by atomic mass is 10.3.